The van der Waals surface area contributed by atoms with Crippen molar-refractivity contribution in [3.8, 4) is 0 Å². The van der Waals surface area contributed by atoms with Crippen molar-refractivity contribution in [2.45, 2.75) is 32.7 Å². The van der Waals surface area contributed by atoms with Crippen molar-refractivity contribution in [1.82, 2.24) is 4.98 Å². The highest BCUT2D eigenvalue weighted by Gasteiger charge is 2.41. The molecular formula is C18H25ClN3O+. The molecule has 124 valence electrons. The van der Waals surface area contributed by atoms with Crippen molar-refractivity contribution < 1.29 is 9.70 Å². The van der Waals surface area contributed by atoms with Crippen LogP contribution in [-0.4, -0.2) is 47.0 Å². The third-order valence-electron chi connectivity index (χ3n) is 5.10. The minimum atomic E-state index is 0.200. The lowest BCUT2D eigenvalue weighted by Gasteiger charge is -2.52. The molecule has 23 heavy (non-hydrogen) atoms. The molecular weight excluding hydrogens is 310 g/mol. The minimum absolute atomic E-state index is 0.200. The van der Waals surface area contributed by atoms with Crippen LogP contribution in [0.5, 0.6) is 0 Å². The molecule has 0 amide bonds. The van der Waals surface area contributed by atoms with Gasteiger partial charge in [0.1, 0.15) is 13.1 Å². The van der Waals surface area contributed by atoms with E-state index in [0.717, 1.165) is 35.1 Å². The molecule has 1 aromatic carbocycles. The standard InChI is InChI=1S/C18H25ClN3O/c1-3-22(11-12-23)10-4-5-14(2)21(22)18-8-9-20-17-13-15(19)6-7-16(17)18/h6-9,13-14,23H,3-5,10-12H2,1-2H3/q+1. The summed E-state index contributed by atoms with van der Waals surface area (Å²) >= 11 is 6.13. The van der Waals surface area contributed by atoms with E-state index in [-0.39, 0.29) is 6.61 Å². The maximum absolute atomic E-state index is 9.64. The number of nitrogens with zero attached hydrogens (tertiary/aromatic N) is 3. The maximum Gasteiger partial charge on any atom is 0.124 e. The van der Waals surface area contributed by atoms with E-state index >= 15 is 0 Å². The van der Waals surface area contributed by atoms with Crippen LogP contribution in [0.15, 0.2) is 30.5 Å². The molecule has 2 aromatic rings. The van der Waals surface area contributed by atoms with Crippen molar-refractivity contribution in [3.63, 3.8) is 0 Å². The van der Waals surface area contributed by atoms with Gasteiger partial charge in [0.2, 0.25) is 0 Å². The van der Waals surface area contributed by atoms with Gasteiger partial charge in [-0.3, -0.25) is 4.98 Å². The Morgan fingerprint density at radius 2 is 2.22 bits per heavy atom. The first-order chi connectivity index (χ1) is 11.1. The molecule has 1 N–H and O–H groups in total. The van der Waals surface area contributed by atoms with Gasteiger partial charge >= 0.3 is 0 Å². The van der Waals surface area contributed by atoms with Gasteiger partial charge in [-0.2, -0.15) is 0 Å². The van der Waals surface area contributed by atoms with Crippen molar-refractivity contribution in [2.24, 2.45) is 0 Å². The second-order valence-corrected chi connectivity index (χ2v) is 6.85. The lowest BCUT2D eigenvalue weighted by Crippen LogP contribution is -2.67. The fourth-order valence-corrected chi connectivity index (χ4v) is 4.14. The van der Waals surface area contributed by atoms with Gasteiger partial charge < -0.3 is 5.11 Å². The van der Waals surface area contributed by atoms with Crippen LogP contribution in [0.4, 0.5) is 5.69 Å². The third-order valence-corrected chi connectivity index (χ3v) is 5.34. The van der Waals surface area contributed by atoms with Crippen molar-refractivity contribution >= 4 is 28.2 Å². The maximum atomic E-state index is 9.64. The normalized spacial score (nSPS) is 25.0. The Morgan fingerprint density at radius 3 is 2.96 bits per heavy atom. The zero-order valence-electron chi connectivity index (χ0n) is 13.9. The van der Waals surface area contributed by atoms with Crippen LogP contribution < -0.4 is 5.01 Å². The summed E-state index contributed by atoms with van der Waals surface area (Å²) in [6, 6.07) is 8.43. The van der Waals surface area contributed by atoms with E-state index < -0.39 is 0 Å². The van der Waals surface area contributed by atoms with E-state index in [1.165, 1.54) is 18.5 Å². The molecule has 1 aromatic heterocycles. The monoisotopic (exact) mass is 334 g/mol. The Balaban J connectivity index is 2.16. The van der Waals surface area contributed by atoms with Crippen molar-refractivity contribution in [2.75, 3.05) is 31.3 Å². The molecule has 0 aliphatic carbocycles. The Bertz CT molecular complexity index is 689. The fraction of sp³-hybridized carbons (Fsp3) is 0.500. The fourth-order valence-electron chi connectivity index (χ4n) is 3.98. The van der Waals surface area contributed by atoms with Crippen LogP contribution in [-0.2, 0) is 0 Å². The van der Waals surface area contributed by atoms with E-state index in [2.05, 4.69) is 36.0 Å². The number of rotatable bonds is 4. The lowest BCUT2D eigenvalue weighted by atomic mass is 10.1. The van der Waals surface area contributed by atoms with Crippen LogP contribution in [0.2, 0.25) is 5.02 Å². The minimum Gasteiger partial charge on any atom is -0.390 e. The molecule has 4 nitrogen and oxygen atoms in total. The van der Waals surface area contributed by atoms with Gasteiger partial charge in [-0.25, -0.2) is 9.60 Å². The highest BCUT2D eigenvalue weighted by molar-refractivity contribution is 6.31. The van der Waals surface area contributed by atoms with E-state index in [9.17, 15) is 5.11 Å². The molecule has 5 heteroatoms. The molecule has 0 bridgehead atoms. The molecule has 0 radical (unpaired) electrons. The van der Waals surface area contributed by atoms with E-state index in [1.807, 2.05) is 18.3 Å². The number of aromatic nitrogens is 1. The number of aliphatic hydroxyl groups is 1. The number of hydrogen-bond acceptors (Lipinski definition) is 3. The molecule has 1 fully saturated rings. The SMILES string of the molecule is CC[N+]1(CCO)CCCC(C)N1c1ccnc2cc(Cl)ccc12. The Kier molecular flexibility index (Phi) is 4.76. The summed E-state index contributed by atoms with van der Waals surface area (Å²) in [5, 5.41) is 14.0. The van der Waals surface area contributed by atoms with Gasteiger partial charge in [-0.15, -0.1) is 0 Å². The number of likely N-dealkylation sites (N-methyl/N-ethyl adjacent to an activating group) is 1. The number of aliphatic hydroxyl groups excluding tert-OH is 1. The van der Waals surface area contributed by atoms with Gasteiger partial charge in [0, 0.05) is 23.0 Å². The van der Waals surface area contributed by atoms with Crippen LogP contribution >= 0.6 is 11.6 Å². The zero-order valence-corrected chi connectivity index (χ0v) is 14.6. The van der Waals surface area contributed by atoms with E-state index in [0.29, 0.717) is 11.1 Å². The first-order valence-corrected chi connectivity index (χ1v) is 8.80. The Hall–Kier alpha value is -1.36. The molecule has 0 saturated carbocycles. The largest absolute Gasteiger partial charge is 0.390 e. The quantitative estimate of drug-likeness (QED) is 0.867. The third kappa shape index (κ3) is 2.91. The topological polar surface area (TPSA) is 36.4 Å². The predicted octanol–water partition coefficient (Wildman–Crippen LogP) is 3.62. The summed E-state index contributed by atoms with van der Waals surface area (Å²) in [4.78, 5) is 4.47. The number of pyridine rings is 1. The van der Waals surface area contributed by atoms with Crippen LogP contribution in [0.3, 0.4) is 0 Å². The Morgan fingerprint density at radius 1 is 1.39 bits per heavy atom. The summed E-state index contributed by atoms with van der Waals surface area (Å²) in [5.41, 5.74) is 2.11. The van der Waals surface area contributed by atoms with Crippen molar-refractivity contribution in [3.05, 3.63) is 35.5 Å². The lowest BCUT2D eigenvalue weighted by molar-refractivity contribution is -0.941. The predicted molar refractivity (Wildman–Crippen MR) is 95.5 cm³/mol. The van der Waals surface area contributed by atoms with Crippen LogP contribution in [0.1, 0.15) is 26.7 Å². The average molecular weight is 335 g/mol. The van der Waals surface area contributed by atoms with E-state index in [1.54, 1.807) is 0 Å². The summed E-state index contributed by atoms with van der Waals surface area (Å²) in [5.74, 6) is 0. The smallest absolute Gasteiger partial charge is 0.124 e. The molecule has 1 aliphatic heterocycles. The number of quaternary nitrogens is 1. The second kappa shape index (κ2) is 6.63. The highest BCUT2D eigenvalue weighted by atomic mass is 35.5. The molecule has 2 unspecified atom stereocenters. The van der Waals surface area contributed by atoms with Crippen LogP contribution in [0.25, 0.3) is 10.9 Å². The first kappa shape index (κ1) is 16.5. The molecule has 1 aliphatic rings. The van der Waals surface area contributed by atoms with Gasteiger partial charge in [0.25, 0.3) is 0 Å². The Labute approximate surface area is 142 Å². The first-order valence-electron chi connectivity index (χ1n) is 8.42. The molecule has 0 spiro atoms. The summed E-state index contributed by atoms with van der Waals surface area (Å²) in [6.45, 7) is 7.48. The second-order valence-electron chi connectivity index (χ2n) is 6.41. The molecule has 1 saturated heterocycles. The number of halogens is 1. The summed E-state index contributed by atoms with van der Waals surface area (Å²) < 4.78 is 0.805. The molecule has 2 heterocycles. The van der Waals surface area contributed by atoms with Gasteiger partial charge in [-0.05, 0) is 44.5 Å². The van der Waals surface area contributed by atoms with Gasteiger partial charge in [-0.1, -0.05) is 11.6 Å². The number of anilines is 1. The van der Waals surface area contributed by atoms with Gasteiger partial charge in [0.15, 0.2) is 0 Å². The summed E-state index contributed by atoms with van der Waals surface area (Å²) in [7, 11) is 0. The number of fused-ring (bicyclic) bond motifs is 1. The summed E-state index contributed by atoms with van der Waals surface area (Å²) in [6.07, 6.45) is 4.22. The highest BCUT2D eigenvalue weighted by Crippen LogP contribution is 2.36. The molecule has 3 rings (SSSR count). The zero-order chi connectivity index (χ0) is 16.4. The van der Waals surface area contributed by atoms with Gasteiger partial charge in [0.05, 0.1) is 30.4 Å². The van der Waals surface area contributed by atoms with E-state index in [4.69, 9.17) is 11.6 Å². The number of hydrogen-bond donors (Lipinski definition) is 1. The molecule has 2 atom stereocenters. The average Bonchev–Trinajstić information content (AvgIpc) is 2.54. The van der Waals surface area contributed by atoms with Crippen molar-refractivity contribution in [1.29, 1.82) is 0 Å². The van der Waals surface area contributed by atoms with Crippen LogP contribution in [0, 0.1) is 0 Å². The number of benzene rings is 1.